The van der Waals surface area contributed by atoms with E-state index in [0.717, 1.165) is 35.1 Å². The fourth-order valence-electron chi connectivity index (χ4n) is 3.95. The van der Waals surface area contributed by atoms with Gasteiger partial charge in [0, 0.05) is 34.3 Å². The van der Waals surface area contributed by atoms with Crippen molar-refractivity contribution in [1.29, 1.82) is 0 Å². The van der Waals surface area contributed by atoms with Crippen molar-refractivity contribution in [3.8, 4) is 11.4 Å². The van der Waals surface area contributed by atoms with Crippen LogP contribution in [-0.4, -0.2) is 15.0 Å². The van der Waals surface area contributed by atoms with Crippen LogP contribution < -0.4 is 5.73 Å². The van der Waals surface area contributed by atoms with Crippen molar-refractivity contribution < 1.29 is 0 Å². The van der Waals surface area contributed by atoms with Crippen LogP contribution in [0.3, 0.4) is 0 Å². The molecule has 2 unspecified atom stereocenters. The van der Waals surface area contributed by atoms with Gasteiger partial charge in [-0.15, -0.1) is 24.8 Å². The zero-order valence-electron chi connectivity index (χ0n) is 15.7. The van der Waals surface area contributed by atoms with Gasteiger partial charge in [-0.1, -0.05) is 60.7 Å². The lowest BCUT2D eigenvalue weighted by Crippen LogP contribution is -2.50. The average Bonchev–Trinajstić information content (AvgIpc) is 2.73. The molecule has 0 bridgehead atoms. The van der Waals surface area contributed by atoms with Gasteiger partial charge in [0.25, 0.3) is 0 Å². The molecule has 2 aromatic heterocycles. The Morgan fingerprint density at radius 1 is 0.828 bits per heavy atom. The molecule has 29 heavy (non-hydrogen) atoms. The normalized spacial score (nSPS) is 20.2. The van der Waals surface area contributed by atoms with Crippen LogP contribution in [0, 0.1) is 0 Å². The third-order valence-corrected chi connectivity index (χ3v) is 5.63. The predicted molar refractivity (Wildman–Crippen MR) is 122 cm³/mol. The number of halogens is 2. The fraction of sp³-hybridized carbons (Fsp3) is 0.174. The molecule has 4 nitrogen and oxygen atoms in total. The lowest BCUT2D eigenvalue weighted by molar-refractivity contribution is 0.194. The summed E-state index contributed by atoms with van der Waals surface area (Å²) >= 11 is 0. The second-order valence-electron chi connectivity index (χ2n) is 7.21. The largest absolute Gasteiger partial charge is 0.321 e. The molecule has 2 N–H and O–H groups in total. The van der Waals surface area contributed by atoms with Crippen LogP contribution in [0.15, 0.2) is 79.0 Å². The van der Waals surface area contributed by atoms with E-state index in [-0.39, 0.29) is 36.3 Å². The Hall–Kier alpha value is -2.53. The van der Waals surface area contributed by atoms with Gasteiger partial charge >= 0.3 is 0 Å². The van der Waals surface area contributed by atoms with Crippen molar-refractivity contribution in [3.63, 3.8) is 0 Å². The first-order valence-corrected chi connectivity index (χ1v) is 9.27. The first-order valence-electron chi connectivity index (χ1n) is 9.27. The quantitative estimate of drug-likeness (QED) is 0.486. The van der Waals surface area contributed by atoms with E-state index in [1.807, 2.05) is 54.7 Å². The summed E-state index contributed by atoms with van der Waals surface area (Å²) in [5, 5.41) is 0.945. The smallest absolute Gasteiger partial charge is 0.163 e. The minimum absolute atomic E-state index is 0. The van der Waals surface area contributed by atoms with E-state index < -0.39 is 0 Å². The van der Waals surface area contributed by atoms with Crippen molar-refractivity contribution in [2.45, 2.75) is 24.3 Å². The topological polar surface area (TPSA) is 64.7 Å². The maximum atomic E-state index is 6.79. The van der Waals surface area contributed by atoms with Gasteiger partial charge in [0.2, 0.25) is 0 Å². The molecule has 0 amide bonds. The number of aromatic nitrogens is 3. The number of pyridine rings is 1. The lowest BCUT2D eigenvalue weighted by Gasteiger charge is -2.47. The molecule has 1 saturated carbocycles. The number of rotatable bonds is 3. The highest BCUT2D eigenvalue weighted by Gasteiger charge is 2.46. The lowest BCUT2D eigenvalue weighted by atomic mass is 9.62. The van der Waals surface area contributed by atoms with Crippen LogP contribution in [0.5, 0.6) is 0 Å². The molecule has 1 aliphatic carbocycles. The Kier molecular flexibility index (Phi) is 6.18. The van der Waals surface area contributed by atoms with E-state index >= 15 is 0 Å². The van der Waals surface area contributed by atoms with Gasteiger partial charge in [0.15, 0.2) is 11.5 Å². The molecule has 0 radical (unpaired) electrons. The minimum atomic E-state index is -0.350. The van der Waals surface area contributed by atoms with Gasteiger partial charge in [-0.25, -0.2) is 15.0 Å². The second-order valence-corrected chi connectivity index (χ2v) is 7.21. The van der Waals surface area contributed by atoms with Crippen LogP contribution >= 0.6 is 24.8 Å². The molecule has 0 saturated heterocycles. The van der Waals surface area contributed by atoms with Gasteiger partial charge in [0.1, 0.15) is 0 Å². The number of nitrogens with zero attached hydrogens (tertiary/aromatic N) is 3. The summed E-state index contributed by atoms with van der Waals surface area (Å²) in [6.45, 7) is 0. The summed E-state index contributed by atoms with van der Waals surface area (Å²) in [6.07, 6.45) is 3.86. The van der Waals surface area contributed by atoms with Crippen LogP contribution in [0.25, 0.3) is 22.4 Å². The van der Waals surface area contributed by atoms with E-state index in [2.05, 4.69) is 29.2 Å². The highest BCUT2D eigenvalue weighted by atomic mass is 35.5. The van der Waals surface area contributed by atoms with Crippen molar-refractivity contribution in [1.82, 2.24) is 15.0 Å². The van der Waals surface area contributed by atoms with E-state index in [0.29, 0.717) is 5.82 Å². The van der Waals surface area contributed by atoms with Crippen molar-refractivity contribution in [2.24, 2.45) is 5.73 Å². The zero-order chi connectivity index (χ0) is 18.3. The summed E-state index contributed by atoms with van der Waals surface area (Å²) in [5.74, 6) is 0.905. The highest BCUT2D eigenvalue weighted by Crippen LogP contribution is 2.50. The summed E-state index contributed by atoms with van der Waals surface area (Å²) in [4.78, 5) is 14.1. The Bertz CT molecular complexity index is 1110. The van der Waals surface area contributed by atoms with Crippen LogP contribution in [-0.2, 0) is 5.54 Å². The average molecular weight is 425 g/mol. The highest BCUT2D eigenvalue weighted by molar-refractivity contribution is 5.85. The van der Waals surface area contributed by atoms with Gasteiger partial charge in [-0.3, -0.25) is 0 Å². The van der Waals surface area contributed by atoms with E-state index in [9.17, 15) is 0 Å². The third kappa shape index (κ3) is 3.71. The maximum absolute atomic E-state index is 6.79. The third-order valence-electron chi connectivity index (χ3n) is 5.63. The fourth-order valence-corrected chi connectivity index (χ4v) is 3.95. The van der Waals surface area contributed by atoms with E-state index in [1.165, 1.54) is 5.56 Å². The van der Waals surface area contributed by atoms with Crippen molar-refractivity contribution in [2.75, 3.05) is 0 Å². The molecule has 0 spiro atoms. The Balaban J connectivity index is 0.00000120. The van der Waals surface area contributed by atoms with E-state index in [1.54, 1.807) is 0 Å². The maximum Gasteiger partial charge on any atom is 0.163 e. The van der Waals surface area contributed by atoms with Gasteiger partial charge in [-0.2, -0.15) is 0 Å². The molecule has 1 fully saturated rings. The summed E-state index contributed by atoms with van der Waals surface area (Å²) in [7, 11) is 0. The van der Waals surface area contributed by atoms with Crippen LogP contribution in [0.1, 0.15) is 30.0 Å². The predicted octanol–water partition coefficient (Wildman–Crippen LogP) is 5.27. The van der Waals surface area contributed by atoms with Crippen molar-refractivity contribution in [3.05, 3.63) is 90.3 Å². The van der Waals surface area contributed by atoms with Crippen molar-refractivity contribution >= 4 is 35.8 Å². The number of fused-ring (bicyclic) bond motifs is 1. The SMILES string of the molecule is Cl.Cl.NC1(c2ccccc2)CCC1c1ccc2cnc(-c3ccccc3)nc2n1. The van der Waals surface area contributed by atoms with Crippen LogP contribution in [0.2, 0.25) is 0 Å². The number of hydrogen-bond acceptors (Lipinski definition) is 4. The van der Waals surface area contributed by atoms with Gasteiger partial charge in [-0.05, 0) is 30.5 Å². The van der Waals surface area contributed by atoms with Gasteiger partial charge in [0.05, 0.1) is 0 Å². The Labute approximate surface area is 182 Å². The first kappa shape index (κ1) is 21.2. The molecule has 2 aromatic carbocycles. The number of hydrogen-bond donors (Lipinski definition) is 1. The molecular weight excluding hydrogens is 403 g/mol. The first-order chi connectivity index (χ1) is 13.2. The molecule has 5 rings (SSSR count). The summed E-state index contributed by atoms with van der Waals surface area (Å²) < 4.78 is 0. The standard InChI is InChI=1S/C23H20N4.2ClH/c24-23(18-9-5-2-6-10-18)14-13-19(23)20-12-11-17-15-25-21(27-22(17)26-20)16-7-3-1-4-8-16;;/h1-12,15,19H,13-14,24H2;2*1H. The molecule has 1 aliphatic rings. The Morgan fingerprint density at radius 3 is 2.17 bits per heavy atom. The molecule has 2 heterocycles. The van der Waals surface area contributed by atoms with E-state index in [4.69, 9.17) is 15.7 Å². The minimum Gasteiger partial charge on any atom is -0.321 e. The molecular formula is C23H22Cl2N4. The summed E-state index contributed by atoms with van der Waals surface area (Å²) in [5.41, 5.74) is 10.4. The second kappa shape index (κ2) is 8.46. The number of nitrogens with two attached hydrogens (primary N) is 1. The van der Waals surface area contributed by atoms with Crippen LogP contribution in [0.4, 0.5) is 0 Å². The zero-order valence-corrected chi connectivity index (χ0v) is 17.4. The number of benzene rings is 2. The molecule has 4 aromatic rings. The Morgan fingerprint density at radius 2 is 1.52 bits per heavy atom. The molecule has 6 heteroatoms. The molecule has 0 aliphatic heterocycles. The monoisotopic (exact) mass is 424 g/mol. The molecule has 2 atom stereocenters. The summed E-state index contributed by atoms with van der Waals surface area (Å²) in [6, 6.07) is 24.5. The van der Waals surface area contributed by atoms with Gasteiger partial charge < -0.3 is 5.73 Å². The molecule has 148 valence electrons.